The van der Waals surface area contributed by atoms with Gasteiger partial charge in [-0.25, -0.2) is 36.1 Å². The summed E-state index contributed by atoms with van der Waals surface area (Å²) in [7, 11) is 0. The maximum atomic E-state index is 2.20. The summed E-state index contributed by atoms with van der Waals surface area (Å²) in [5, 5.41) is 0. The Hall–Kier alpha value is -0.612. The summed E-state index contributed by atoms with van der Waals surface area (Å²) in [5.41, 5.74) is 0. The Morgan fingerprint density at radius 2 is 1.06 bits per heavy atom. The van der Waals surface area contributed by atoms with E-state index < -0.39 is 0 Å². The van der Waals surface area contributed by atoms with Gasteiger partial charge in [0.05, 0.1) is 0 Å². The first kappa shape index (κ1) is 16.4. The van der Waals surface area contributed by atoms with Gasteiger partial charge in [0.15, 0.2) is 0 Å². The van der Waals surface area contributed by atoms with Crippen molar-refractivity contribution in [1.29, 1.82) is 0 Å². The zero-order chi connectivity index (χ0) is 12.0. The third kappa shape index (κ3) is 6.03. The Labute approximate surface area is 121 Å². The van der Waals surface area contributed by atoms with Crippen LogP contribution in [-0.2, 0) is 21.1 Å². The summed E-state index contributed by atoms with van der Waals surface area (Å²) in [5.74, 6) is 4.21. The van der Waals surface area contributed by atoms with Gasteiger partial charge in [-0.1, -0.05) is 25.7 Å². The molecule has 0 N–H and O–H groups in total. The van der Waals surface area contributed by atoms with Crippen LogP contribution < -0.4 is 0 Å². The largest absolute Gasteiger partial charge is 2.00 e. The van der Waals surface area contributed by atoms with E-state index in [1.54, 1.807) is 0 Å². The maximum Gasteiger partial charge on any atom is 2.00 e. The van der Waals surface area contributed by atoms with Gasteiger partial charge < -0.3 is 0 Å². The van der Waals surface area contributed by atoms with Gasteiger partial charge in [-0.05, 0) is 0 Å². The molecule has 0 spiro atoms. The minimum atomic E-state index is 0. The second-order valence-corrected chi connectivity index (χ2v) is 4.55. The van der Waals surface area contributed by atoms with Crippen molar-refractivity contribution < 1.29 is 21.1 Å². The normalized spacial score (nSPS) is 25.2. The third-order valence-corrected chi connectivity index (χ3v) is 3.18. The van der Waals surface area contributed by atoms with Crippen molar-refractivity contribution >= 4 is 0 Å². The molecule has 0 amide bonds. The zero-order valence-corrected chi connectivity index (χ0v) is 14.1. The van der Waals surface area contributed by atoms with Crippen LogP contribution in [-0.4, -0.2) is 0 Å². The standard InChI is InChI=1S/2C8H11.W/c2*1-7-5-3-4-6-8(7)2;/h2*3-7H,1-2H3;/q2*-1;+2. The number of hydrogen-bond donors (Lipinski definition) is 0. The summed E-state index contributed by atoms with van der Waals surface area (Å²) in [6, 6.07) is 0. The van der Waals surface area contributed by atoms with Crippen molar-refractivity contribution in [2.24, 2.45) is 11.8 Å². The molecule has 0 saturated heterocycles. The molecule has 1 heteroatoms. The van der Waals surface area contributed by atoms with Gasteiger partial charge in [0.1, 0.15) is 0 Å². The zero-order valence-electron chi connectivity index (χ0n) is 11.2. The van der Waals surface area contributed by atoms with Crippen LogP contribution in [0.4, 0.5) is 0 Å². The summed E-state index contributed by atoms with van der Waals surface area (Å²) < 4.78 is 0. The number of hydrogen-bond acceptors (Lipinski definition) is 0. The molecule has 92 valence electrons. The molecule has 0 heterocycles. The second kappa shape index (κ2) is 8.47. The van der Waals surface area contributed by atoms with Gasteiger partial charge in [0.25, 0.3) is 0 Å². The molecule has 2 unspecified atom stereocenters. The van der Waals surface area contributed by atoms with Crippen LogP contribution in [0.3, 0.4) is 0 Å². The molecule has 0 aliphatic heterocycles. The molecule has 0 fully saturated rings. The predicted octanol–water partition coefficient (Wildman–Crippen LogP) is 4.68. The Morgan fingerprint density at radius 1 is 0.706 bits per heavy atom. The van der Waals surface area contributed by atoms with Crippen LogP contribution in [0.25, 0.3) is 0 Å². The molecule has 2 aliphatic rings. The monoisotopic (exact) mass is 398 g/mol. The summed E-state index contributed by atoms with van der Waals surface area (Å²) in [4.78, 5) is 0. The predicted molar refractivity (Wildman–Crippen MR) is 72.7 cm³/mol. The van der Waals surface area contributed by atoms with Crippen molar-refractivity contribution in [1.82, 2.24) is 0 Å². The van der Waals surface area contributed by atoms with E-state index in [0.717, 1.165) is 0 Å². The van der Waals surface area contributed by atoms with Gasteiger partial charge in [-0.3, -0.25) is 0 Å². The second-order valence-electron chi connectivity index (χ2n) is 4.55. The topological polar surface area (TPSA) is 0 Å². The molecule has 17 heavy (non-hydrogen) atoms. The fraction of sp³-hybridized carbons (Fsp3) is 0.375. The first-order valence-corrected chi connectivity index (χ1v) is 5.98. The SMILES string of the molecule is C[C-]1C=CC=CC1C.C[C-]1C=CC=CC1C.[W+2]. The van der Waals surface area contributed by atoms with E-state index in [-0.39, 0.29) is 21.1 Å². The Kier molecular flexibility index (Phi) is 8.17. The van der Waals surface area contributed by atoms with Crippen molar-refractivity contribution in [3.63, 3.8) is 0 Å². The number of allylic oxidation sites excluding steroid dienone is 8. The molecule has 0 radical (unpaired) electrons. The quantitative estimate of drug-likeness (QED) is 0.520. The van der Waals surface area contributed by atoms with Crippen LogP contribution in [0.1, 0.15) is 27.7 Å². The molecule has 0 aromatic heterocycles. The summed E-state index contributed by atoms with van der Waals surface area (Å²) >= 11 is 0. The van der Waals surface area contributed by atoms with Crippen LogP contribution in [0.15, 0.2) is 48.6 Å². The van der Waals surface area contributed by atoms with Gasteiger partial charge in [-0.2, -0.15) is 0 Å². The summed E-state index contributed by atoms with van der Waals surface area (Å²) in [6.07, 6.45) is 17.1. The minimum Gasteiger partial charge on any atom is -0.225 e. The molecule has 0 aromatic rings. The van der Waals surface area contributed by atoms with Crippen LogP contribution in [0.5, 0.6) is 0 Å². The average Bonchev–Trinajstić information content (AvgIpc) is 2.28. The van der Waals surface area contributed by atoms with E-state index in [1.165, 1.54) is 11.8 Å². The van der Waals surface area contributed by atoms with E-state index in [9.17, 15) is 0 Å². The van der Waals surface area contributed by atoms with Gasteiger partial charge in [0.2, 0.25) is 0 Å². The van der Waals surface area contributed by atoms with Gasteiger partial charge >= 0.3 is 21.1 Å². The van der Waals surface area contributed by atoms with Gasteiger partial charge in [0, 0.05) is 0 Å². The van der Waals surface area contributed by atoms with E-state index in [2.05, 4.69) is 76.3 Å². The molecule has 0 saturated carbocycles. The van der Waals surface area contributed by atoms with Crippen LogP contribution >= 0.6 is 0 Å². The fourth-order valence-corrected chi connectivity index (χ4v) is 1.48. The molecular weight excluding hydrogens is 376 g/mol. The van der Waals surface area contributed by atoms with Crippen molar-refractivity contribution in [3.05, 3.63) is 60.4 Å². The first-order chi connectivity index (χ1) is 7.61. The molecule has 0 nitrogen and oxygen atoms in total. The van der Waals surface area contributed by atoms with Gasteiger partial charge in [-0.15, -0.1) is 38.2 Å². The van der Waals surface area contributed by atoms with Crippen molar-refractivity contribution in [3.8, 4) is 0 Å². The Balaban J connectivity index is 0.000000284. The Morgan fingerprint density at radius 3 is 1.24 bits per heavy atom. The maximum absolute atomic E-state index is 2.20. The molecule has 0 aromatic carbocycles. The molecule has 2 atom stereocenters. The molecule has 2 aliphatic carbocycles. The average molecular weight is 398 g/mol. The molecular formula is C16H22W. The van der Waals surface area contributed by atoms with E-state index in [0.29, 0.717) is 11.8 Å². The molecule has 0 bridgehead atoms. The minimum absolute atomic E-state index is 0. The first-order valence-electron chi connectivity index (χ1n) is 5.98. The van der Waals surface area contributed by atoms with Crippen molar-refractivity contribution in [2.45, 2.75) is 27.7 Å². The van der Waals surface area contributed by atoms with Crippen LogP contribution in [0, 0.1) is 23.7 Å². The van der Waals surface area contributed by atoms with E-state index in [4.69, 9.17) is 0 Å². The molecule has 2 rings (SSSR count). The van der Waals surface area contributed by atoms with Crippen LogP contribution in [0.2, 0.25) is 0 Å². The van der Waals surface area contributed by atoms with Crippen molar-refractivity contribution in [2.75, 3.05) is 0 Å². The number of rotatable bonds is 0. The fourth-order valence-electron chi connectivity index (χ4n) is 1.48. The van der Waals surface area contributed by atoms with E-state index in [1.807, 2.05) is 0 Å². The summed E-state index contributed by atoms with van der Waals surface area (Å²) in [6.45, 7) is 8.72. The smallest absolute Gasteiger partial charge is 0.225 e. The third-order valence-electron chi connectivity index (χ3n) is 3.18. The Bertz CT molecular complexity index is 245. The van der Waals surface area contributed by atoms with E-state index >= 15 is 0 Å².